The fourth-order valence-electron chi connectivity index (χ4n) is 4.48. The number of amides is 2. The summed E-state index contributed by atoms with van der Waals surface area (Å²) in [6.45, 7) is 9.39. The summed E-state index contributed by atoms with van der Waals surface area (Å²) in [7, 11) is -4.15. The van der Waals surface area contributed by atoms with E-state index in [0.717, 1.165) is 27.4 Å². The third-order valence-electron chi connectivity index (χ3n) is 7.33. The van der Waals surface area contributed by atoms with Gasteiger partial charge in [0.05, 0.1) is 10.6 Å². The second-order valence-electron chi connectivity index (χ2n) is 10.3. The zero-order valence-corrected chi connectivity index (χ0v) is 26.0. The number of rotatable bonds is 13. The summed E-state index contributed by atoms with van der Waals surface area (Å²) < 4.78 is 29.1. The van der Waals surface area contributed by atoms with E-state index in [9.17, 15) is 18.0 Å². The second kappa shape index (κ2) is 14.5. The second-order valence-corrected chi connectivity index (χ2v) is 12.6. The third kappa shape index (κ3) is 8.33. The SMILES string of the molecule is CC[C@H](C)NC(=O)[C@H](CC)N(CCc1ccccc1)C(=O)CN(c1ccc(C)c(C)c1)S(=O)(=O)c1ccc(Cl)cc1. The van der Waals surface area contributed by atoms with E-state index in [2.05, 4.69) is 5.32 Å². The summed E-state index contributed by atoms with van der Waals surface area (Å²) in [6, 6.07) is 20.1. The average Bonchev–Trinajstić information content (AvgIpc) is 2.95. The molecule has 1 N–H and O–H groups in total. The van der Waals surface area contributed by atoms with Crippen molar-refractivity contribution in [3.05, 3.63) is 94.5 Å². The minimum absolute atomic E-state index is 0.0188. The number of carbonyl (C=O) groups is 2. The number of benzene rings is 3. The molecular formula is C32H40ClN3O4S. The van der Waals surface area contributed by atoms with Crippen molar-refractivity contribution in [3.63, 3.8) is 0 Å². The summed E-state index contributed by atoms with van der Waals surface area (Å²) in [6.07, 6.45) is 1.66. The molecule has 7 nitrogen and oxygen atoms in total. The van der Waals surface area contributed by atoms with Gasteiger partial charge in [-0.15, -0.1) is 0 Å². The standard InChI is InChI=1S/C32H40ClN3O4S/c1-6-25(5)34-32(38)30(7-2)35(20-19-26-11-9-8-10-12-26)31(37)22-36(28-16-13-23(3)24(4)21-28)41(39,40)29-17-14-27(33)15-18-29/h8-18,21,25,30H,6-7,19-20,22H2,1-5H3,(H,34,38)/t25-,30-/m0/s1. The molecule has 0 fully saturated rings. The topological polar surface area (TPSA) is 86.8 Å². The van der Waals surface area contributed by atoms with Gasteiger partial charge in [0.25, 0.3) is 10.0 Å². The molecule has 3 rings (SSSR count). The fourth-order valence-corrected chi connectivity index (χ4v) is 6.01. The van der Waals surface area contributed by atoms with Gasteiger partial charge in [0.2, 0.25) is 11.8 Å². The Morgan fingerprint density at radius 3 is 2.15 bits per heavy atom. The number of halogens is 1. The highest BCUT2D eigenvalue weighted by Crippen LogP contribution is 2.27. The first-order valence-electron chi connectivity index (χ1n) is 14.0. The monoisotopic (exact) mass is 597 g/mol. The predicted molar refractivity (Wildman–Crippen MR) is 166 cm³/mol. The molecule has 0 radical (unpaired) electrons. The Morgan fingerprint density at radius 2 is 1.56 bits per heavy atom. The smallest absolute Gasteiger partial charge is 0.264 e. The van der Waals surface area contributed by atoms with Crippen molar-refractivity contribution in [3.8, 4) is 0 Å². The van der Waals surface area contributed by atoms with Crippen molar-refractivity contribution in [2.75, 3.05) is 17.4 Å². The summed E-state index contributed by atoms with van der Waals surface area (Å²) >= 11 is 6.03. The molecule has 9 heteroatoms. The number of sulfonamides is 1. The molecule has 0 aliphatic carbocycles. The largest absolute Gasteiger partial charge is 0.352 e. The molecule has 0 bridgehead atoms. The highest BCUT2D eigenvalue weighted by Gasteiger charge is 2.33. The first-order valence-corrected chi connectivity index (χ1v) is 15.8. The molecule has 3 aromatic carbocycles. The molecule has 41 heavy (non-hydrogen) atoms. The van der Waals surface area contributed by atoms with Crippen molar-refractivity contribution < 1.29 is 18.0 Å². The fraction of sp³-hybridized carbons (Fsp3) is 0.375. The molecule has 0 saturated heterocycles. The highest BCUT2D eigenvalue weighted by molar-refractivity contribution is 7.92. The predicted octanol–water partition coefficient (Wildman–Crippen LogP) is 5.92. The van der Waals surface area contributed by atoms with Gasteiger partial charge in [-0.05, 0) is 93.1 Å². The van der Waals surface area contributed by atoms with Crippen LogP contribution in [0, 0.1) is 13.8 Å². The molecular weight excluding hydrogens is 558 g/mol. The molecule has 2 atom stereocenters. The maximum Gasteiger partial charge on any atom is 0.264 e. The molecule has 0 aromatic heterocycles. The maximum absolute atomic E-state index is 14.1. The highest BCUT2D eigenvalue weighted by atomic mass is 35.5. The summed E-state index contributed by atoms with van der Waals surface area (Å²) in [4.78, 5) is 29.0. The molecule has 220 valence electrons. The van der Waals surface area contributed by atoms with E-state index in [0.29, 0.717) is 23.6 Å². The van der Waals surface area contributed by atoms with E-state index in [1.165, 1.54) is 29.2 Å². The van der Waals surface area contributed by atoms with Crippen molar-refractivity contribution in [2.45, 2.75) is 70.9 Å². The molecule has 0 spiro atoms. The Labute approximate surface area is 249 Å². The number of hydrogen-bond donors (Lipinski definition) is 1. The van der Waals surface area contributed by atoms with Crippen molar-refractivity contribution in [1.82, 2.24) is 10.2 Å². The molecule has 0 aliphatic heterocycles. The van der Waals surface area contributed by atoms with Gasteiger partial charge in [-0.1, -0.05) is 61.8 Å². The van der Waals surface area contributed by atoms with Crippen LogP contribution in [0.5, 0.6) is 0 Å². The van der Waals surface area contributed by atoms with E-state index >= 15 is 0 Å². The molecule has 2 amide bonds. The van der Waals surface area contributed by atoms with Crippen LogP contribution in [0.3, 0.4) is 0 Å². The van der Waals surface area contributed by atoms with Gasteiger partial charge in [-0.2, -0.15) is 0 Å². The molecule has 0 heterocycles. The van der Waals surface area contributed by atoms with E-state index in [1.54, 1.807) is 12.1 Å². The summed E-state index contributed by atoms with van der Waals surface area (Å²) in [5.74, 6) is -0.704. The van der Waals surface area contributed by atoms with Crippen LogP contribution in [-0.4, -0.2) is 50.3 Å². The van der Waals surface area contributed by atoms with Gasteiger partial charge in [-0.3, -0.25) is 13.9 Å². The van der Waals surface area contributed by atoms with Crippen LogP contribution < -0.4 is 9.62 Å². The van der Waals surface area contributed by atoms with Crippen LogP contribution in [0.1, 0.15) is 50.3 Å². The van der Waals surface area contributed by atoms with Crippen molar-refractivity contribution >= 4 is 39.1 Å². The lowest BCUT2D eigenvalue weighted by Crippen LogP contribution is -2.54. The Bertz CT molecular complexity index is 1430. The first-order chi connectivity index (χ1) is 19.5. The minimum Gasteiger partial charge on any atom is -0.352 e. The Balaban J connectivity index is 2.03. The van der Waals surface area contributed by atoms with Crippen LogP contribution in [0.25, 0.3) is 0 Å². The normalized spacial score (nSPS) is 12.8. The molecule has 0 saturated carbocycles. The van der Waals surface area contributed by atoms with Gasteiger partial charge in [0, 0.05) is 17.6 Å². The van der Waals surface area contributed by atoms with E-state index in [-0.39, 0.29) is 23.4 Å². The van der Waals surface area contributed by atoms with Crippen molar-refractivity contribution in [1.29, 1.82) is 0 Å². The van der Waals surface area contributed by atoms with E-state index in [4.69, 9.17) is 11.6 Å². The van der Waals surface area contributed by atoms with Gasteiger partial charge in [0.1, 0.15) is 12.6 Å². The minimum atomic E-state index is -4.15. The van der Waals surface area contributed by atoms with Crippen LogP contribution in [0.15, 0.2) is 77.7 Å². The maximum atomic E-state index is 14.1. The lowest BCUT2D eigenvalue weighted by atomic mass is 10.1. The lowest BCUT2D eigenvalue weighted by Gasteiger charge is -2.34. The quantitative estimate of drug-likeness (QED) is 0.265. The van der Waals surface area contributed by atoms with Crippen LogP contribution in [0.2, 0.25) is 5.02 Å². The van der Waals surface area contributed by atoms with Crippen molar-refractivity contribution in [2.24, 2.45) is 0 Å². The number of carbonyl (C=O) groups excluding carboxylic acids is 2. The summed E-state index contributed by atoms with van der Waals surface area (Å²) in [5.41, 5.74) is 3.28. The lowest BCUT2D eigenvalue weighted by molar-refractivity contribution is -0.139. The van der Waals surface area contributed by atoms with Gasteiger partial charge in [0.15, 0.2) is 0 Å². The van der Waals surface area contributed by atoms with Gasteiger partial charge < -0.3 is 10.2 Å². The molecule has 0 aliphatic rings. The summed E-state index contributed by atoms with van der Waals surface area (Å²) in [5, 5.41) is 3.40. The zero-order chi connectivity index (χ0) is 30.2. The van der Waals surface area contributed by atoms with Crippen LogP contribution in [0.4, 0.5) is 5.69 Å². The average molecular weight is 598 g/mol. The third-order valence-corrected chi connectivity index (χ3v) is 9.37. The van der Waals surface area contributed by atoms with Gasteiger partial charge in [-0.25, -0.2) is 8.42 Å². The number of nitrogens with one attached hydrogen (secondary N) is 1. The van der Waals surface area contributed by atoms with Crippen LogP contribution in [-0.2, 0) is 26.0 Å². The van der Waals surface area contributed by atoms with Gasteiger partial charge >= 0.3 is 0 Å². The molecule has 3 aromatic rings. The zero-order valence-electron chi connectivity index (χ0n) is 24.4. The first kappa shape index (κ1) is 32.2. The number of nitrogens with zero attached hydrogens (tertiary/aromatic N) is 2. The molecule has 0 unspecified atom stereocenters. The van der Waals surface area contributed by atoms with Crippen LogP contribution >= 0.6 is 11.6 Å². The van der Waals surface area contributed by atoms with E-state index < -0.39 is 28.5 Å². The Hall–Kier alpha value is -3.36. The number of hydrogen-bond acceptors (Lipinski definition) is 4. The Morgan fingerprint density at radius 1 is 0.902 bits per heavy atom. The number of anilines is 1. The van der Waals surface area contributed by atoms with E-state index in [1.807, 2.05) is 71.0 Å². The number of aryl methyl sites for hydroxylation is 2. The Kier molecular flexibility index (Phi) is 11.4.